The lowest BCUT2D eigenvalue weighted by atomic mass is 9.67. The highest BCUT2D eigenvalue weighted by Crippen LogP contribution is 2.57. The topological polar surface area (TPSA) is 175 Å². The van der Waals surface area contributed by atoms with Crippen LogP contribution in [0.5, 0.6) is 0 Å². The van der Waals surface area contributed by atoms with Gasteiger partial charge in [0.2, 0.25) is 10.0 Å². The first-order valence-corrected chi connectivity index (χ1v) is 15.2. The normalized spacial score (nSPS) is 21.0. The fraction of sp³-hybridized carbons (Fsp3) is 0.320. The Morgan fingerprint density at radius 1 is 1.21 bits per heavy atom. The van der Waals surface area contributed by atoms with Crippen LogP contribution in [-0.4, -0.2) is 53.1 Å². The van der Waals surface area contributed by atoms with E-state index in [2.05, 4.69) is 14.4 Å². The molecule has 2 aromatic rings. The van der Waals surface area contributed by atoms with Crippen molar-refractivity contribution in [1.29, 1.82) is 0 Å². The van der Waals surface area contributed by atoms with Gasteiger partial charge in [-0.2, -0.15) is 0 Å². The minimum Gasteiger partial charge on any atom is -0.506 e. The maximum atomic E-state index is 14.0. The number of aliphatic hydroxyl groups excluding tert-OH is 1. The summed E-state index contributed by atoms with van der Waals surface area (Å²) in [5, 5.41) is 14.1. The van der Waals surface area contributed by atoms with Crippen molar-refractivity contribution < 1.29 is 37.0 Å². The Morgan fingerprint density at radius 3 is 2.61 bits per heavy atom. The van der Waals surface area contributed by atoms with E-state index in [1.807, 2.05) is 0 Å². The number of sulfonamides is 1. The van der Waals surface area contributed by atoms with E-state index in [-0.39, 0.29) is 58.9 Å². The number of rotatable bonds is 8. The Bertz CT molecular complexity index is 1480. The molecule has 1 unspecified atom stereocenters. The Hall–Kier alpha value is -3.39. The highest BCUT2D eigenvalue weighted by Gasteiger charge is 2.46. The number of carbonyl (C=O) groups excluding carboxylic acids is 2. The zero-order chi connectivity index (χ0) is 27.9. The van der Waals surface area contributed by atoms with Crippen LogP contribution in [0.25, 0.3) is 5.76 Å². The van der Waals surface area contributed by atoms with Gasteiger partial charge in [-0.1, -0.05) is 35.0 Å². The molecule has 204 valence electrons. The van der Waals surface area contributed by atoms with Gasteiger partial charge in [-0.15, -0.1) is 4.40 Å². The van der Waals surface area contributed by atoms with Crippen molar-refractivity contribution in [2.45, 2.75) is 43.4 Å². The lowest BCUT2D eigenvalue weighted by Crippen LogP contribution is -2.42. The number of carbonyl (C=O) groups is 2. The van der Waals surface area contributed by atoms with Gasteiger partial charge in [0, 0.05) is 12.0 Å². The molecule has 2 aliphatic rings. The number of nitrogens with zero attached hydrogens (tertiary/aromatic N) is 1. The number of hydrogen-bond donors (Lipinski definition) is 5. The zero-order valence-corrected chi connectivity index (χ0v) is 22.6. The molecule has 1 aliphatic carbocycles. The largest absolute Gasteiger partial charge is 0.506 e. The molecule has 38 heavy (non-hydrogen) atoms. The van der Waals surface area contributed by atoms with E-state index in [9.17, 15) is 32.2 Å². The second-order valence-electron chi connectivity index (χ2n) is 9.26. The van der Waals surface area contributed by atoms with Crippen molar-refractivity contribution >= 4 is 55.5 Å². The zero-order valence-electron chi connectivity index (χ0n) is 21.0. The van der Waals surface area contributed by atoms with E-state index >= 15 is 0 Å². The third-order valence-electron chi connectivity index (χ3n) is 6.39. The maximum Gasteiger partial charge on any atom is 0.305 e. The SMILES string of the molecule is CCOC(=O)CCCC1(C)C(=O)C(C2=NS(O)(O)c3cc(NS(C)(=O)=O)ccc3N2)=C(O)c2ccccc21. The first kappa shape index (κ1) is 27.6. The molecule has 0 bridgehead atoms. The quantitative estimate of drug-likeness (QED) is 0.291. The summed E-state index contributed by atoms with van der Waals surface area (Å²) >= 11 is 0. The molecule has 0 spiro atoms. The van der Waals surface area contributed by atoms with E-state index < -0.39 is 32.0 Å². The molecule has 1 atom stereocenters. The summed E-state index contributed by atoms with van der Waals surface area (Å²) in [4.78, 5) is 25.8. The fourth-order valence-corrected chi connectivity index (χ4v) is 6.41. The van der Waals surface area contributed by atoms with E-state index in [1.165, 1.54) is 18.2 Å². The number of ketones is 1. The van der Waals surface area contributed by atoms with Crippen molar-refractivity contribution in [3.63, 3.8) is 0 Å². The number of anilines is 2. The predicted octanol–water partition coefficient (Wildman–Crippen LogP) is 4.45. The first-order chi connectivity index (χ1) is 17.8. The minimum atomic E-state index is -3.88. The van der Waals surface area contributed by atoms with E-state index in [1.54, 1.807) is 38.1 Å². The molecule has 11 nitrogen and oxygen atoms in total. The average molecular weight is 564 g/mol. The number of esters is 1. The van der Waals surface area contributed by atoms with Gasteiger partial charge in [-0.25, -0.2) is 8.42 Å². The summed E-state index contributed by atoms with van der Waals surface area (Å²) in [6.45, 7) is 3.68. The van der Waals surface area contributed by atoms with Crippen LogP contribution in [0.2, 0.25) is 0 Å². The van der Waals surface area contributed by atoms with Crippen molar-refractivity contribution in [1.82, 2.24) is 0 Å². The summed E-state index contributed by atoms with van der Waals surface area (Å²) in [6, 6.07) is 10.9. The Morgan fingerprint density at radius 2 is 1.92 bits per heavy atom. The smallest absolute Gasteiger partial charge is 0.305 e. The van der Waals surface area contributed by atoms with Gasteiger partial charge in [0.25, 0.3) is 0 Å². The highest BCUT2D eigenvalue weighted by atomic mass is 32.3. The second-order valence-corrected chi connectivity index (χ2v) is 12.7. The first-order valence-electron chi connectivity index (χ1n) is 11.8. The lowest BCUT2D eigenvalue weighted by Gasteiger charge is -2.39. The van der Waals surface area contributed by atoms with Gasteiger partial charge in [-0.3, -0.25) is 23.4 Å². The fourth-order valence-electron chi connectivity index (χ4n) is 4.66. The second kappa shape index (κ2) is 10.1. The number of Topliss-reactive ketones (excluding diaryl/α,β-unsaturated/α-hetero) is 1. The van der Waals surface area contributed by atoms with Crippen molar-refractivity contribution in [2.75, 3.05) is 22.9 Å². The molecule has 2 aromatic carbocycles. The minimum absolute atomic E-state index is 0.0733. The Labute approximate surface area is 222 Å². The molecule has 0 saturated carbocycles. The van der Waals surface area contributed by atoms with Gasteiger partial charge in [0.1, 0.15) is 16.2 Å². The van der Waals surface area contributed by atoms with E-state index in [4.69, 9.17) is 4.74 Å². The molecule has 5 N–H and O–H groups in total. The van der Waals surface area contributed by atoms with Crippen LogP contribution < -0.4 is 10.0 Å². The van der Waals surface area contributed by atoms with Gasteiger partial charge in [-0.05, 0) is 50.5 Å². The van der Waals surface area contributed by atoms with Crippen molar-refractivity contribution in [2.24, 2.45) is 4.40 Å². The summed E-state index contributed by atoms with van der Waals surface area (Å²) in [5.41, 5.74) is -0.112. The number of nitrogens with one attached hydrogen (secondary N) is 2. The van der Waals surface area contributed by atoms with E-state index in [0.29, 0.717) is 17.5 Å². The van der Waals surface area contributed by atoms with Crippen LogP contribution in [0.1, 0.15) is 44.2 Å². The number of hydrogen-bond acceptors (Lipinski definition) is 10. The number of benzene rings is 2. The predicted molar refractivity (Wildman–Crippen MR) is 146 cm³/mol. The van der Waals surface area contributed by atoms with Gasteiger partial charge in [0.05, 0.1) is 29.7 Å². The van der Waals surface area contributed by atoms with Crippen LogP contribution in [-0.2, 0) is 29.8 Å². The Kier molecular flexibility index (Phi) is 7.32. The van der Waals surface area contributed by atoms with Crippen LogP contribution in [0, 0.1) is 0 Å². The lowest BCUT2D eigenvalue weighted by molar-refractivity contribution is -0.143. The number of amidine groups is 1. The molecule has 0 amide bonds. The highest BCUT2D eigenvalue weighted by molar-refractivity contribution is 8.23. The molecule has 1 aliphatic heterocycles. The molecule has 0 radical (unpaired) electrons. The monoisotopic (exact) mass is 563 g/mol. The van der Waals surface area contributed by atoms with Gasteiger partial charge in [0.15, 0.2) is 11.6 Å². The van der Waals surface area contributed by atoms with Gasteiger partial charge < -0.3 is 15.2 Å². The van der Waals surface area contributed by atoms with Crippen LogP contribution in [0.3, 0.4) is 0 Å². The third kappa shape index (κ3) is 5.27. The molecular weight excluding hydrogens is 534 g/mol. The molecule has 0 saturated heterocycles. The molecular formula is C25H29N3O8S2. The van der Waals surface area contributed by atoms with E-state index in [0.717, 1.165) is 6.26 Å². The third-order valence-corrected chi connectivity index (χ3v) is 8.36. The molecule has 4 rings (SSSR count). The summed E-state index contributed by atoms with van der Waals surface area (Å²) < 4.78 is 56.2. The van der Waals surface area contributed by atoms with Crippen molar-refractivity contribution in [3.05, 3.63) is 59.2 Å². The number of fused-ring (bicyclic) bond motifs is 2. The molecule has 0 fully saturated rings. The van der Waals surface area contributed by atoms with Gasteiger partial charge >= 0.3 is 5.97 Å². The standard InChI is InChI=1S/C25H29N3O8S2/c1-4-36-20(29)10-7-13-25(2)17-9-6-5-8-16(17)22(30)21(23(25)31)24-26-18-12-11-15(27-37(3,32)33)14-19(18)38(34,35)28-24/h5-6,8-9,11-12,14,27,30,34-35H,4,7,10,13H2,1-3H3,(H,26,28). The number of ether oxygens (including phenoxy) is 1. The Balaban J connectivity index is 1.74. The number of aliphatic hydroxyl groups is 1. The van der Waals surface area contributed by atoms with Crippen LogP contribution >= 0.6 is 10.8 Å². The molecule has 0 aromatic heterocycles. The molecule has 13 heteroatoms. The average Bonchev–Trinajstić information content (AvgIpc) is 2.82. The summed E-state index contributed by atoms with van der Waals surface area (Å²) in [6.07, 6.45) is 1.68. The summed E-state index contributed by atoms with van der Waals surface area (Å²) in [7, 11) is -7.50. The summed E-state index contributed by atoms with van der Waals surface area (Å²) in [5.74, 6) is -1.47. The van der Waals surface area contributed by atoms with Crippen molar-refractivity contribution in [3.8, 4) is 0 Å². The van der Waals surface area contributed by atoms with Crippen LogP contribution in [0.4, 0.5) is 11.4 Å². The maximum absolute atomic E-state index is 14.0. The molecule has 1 heterocycles. The van der Waals surface area contributed by atoms with Crippen LogP contribution in [0.15, 0.2) is 57.3 Å².